The number of carbonyl (C=O) groups is 2. The molecule has 1 atom stereocenters. The molecule has 3 aromatic rings. The molecule has 5 rings (SSSR count). The van der Waals surface area contributed by atoms with Gasteiger partial charge in [-0.1, -0.05) is 78.9 Å². The predicted octanol–water partition coefficient (Wildman–Crippen LogP) is 6.78. The third-order valence-electron chi connectivity index (χ3n) is 8.45. The van der Waals surface area contributed by atoms with E-state index in [2.05, 4.69) is 15.4 Å². The maximum absolute atomic E-state index is 14.0. The summed E-state index contributed by atoms with van der Waals surface area (Å²) in [5.41, 5.74) is 9.10. The molecule has 238 valence electrons. The van der Waals surface area contributed by atoms with Gasteiger partial charge in [0, 0.05) is 51.2 Å². The number of halogens is 2. The van der Waals surface area contributed by atoms with E-state index in [1.165, 1.54) is 31.2 Å². The van der Waals surface area contributed by atoms with Gasteiger partial charge in [0.25, 0.3) is 0 Å². The number of nitrogens with two attached hydrogens (primary N) is 1. The number of amidine groups is 1. The highest BCUT2D eigenvalue weighted by Gasteiger charge is 2.30. The predicted molar refractivity (Wildman–Crippen MR) is 184 cm³/mol. The second-order valence-corrected chi connectivity index (χ2v) is 13.5. The van der Waals surface area contributed by atoms with Crippen molar-refractivity contribution in [3.05, 3.63) is 87.9 Å². The highest BCUT2D eigenvalue weighted by molar-refractivity contribution is 7.97. The van der Waals surface area contributed by atoms with Crippen LogP contribution < -0.4 is 21.1 Å². The maximum Gasteiger partial charge on any atom is 0.315 e. The number of rotatable bonds is 10. The Kier molecular flexibility index (Phi) is 11.7. The molecule has 2 aliphatic rings. The average Bonchev–Trinajstić information content (AvgIpc) is 3.04. The third kappa shape index (κ3) is 9.39. The van der Waals surface area contributed by atoms with E-state index in [1.54, 1.807) is 12.1 Å². The highest BCUT2D eigenvalue weighted by atomic mass is 35.5. The van der Waals surface area contributed by atoms with E-state index in [9.17, 15) is 9.59 Å². The lowest BCUT2D eigenvalue weighted by atomic mass is 9.96. The number of urea groups is 1. The lowest BCUT2D eigenvalue weighted by molar-refractivity contribution is -0.134. The van der Waals surface area contributed by atoms with Crippen LogP contribution in [0.4, 0.5) is 4.79 Å². The van der Waals surface area contributed by atoms with E-state index in [1.807, 2.05) is 59.5 Å². The molecule has 45 heavy (non-hydrogen) atoms. The Bertz CT molecular complexity index is 1510. The van der Waals surface area contributed by atoms with Crippen molar-refractivity contribution >= 4 is 52.9 Å². The number of likely N-dealkylation sites (tertiary alicyclic amines) is 1. The van der Waals surface area contributed by atoms with E-state index >= 15 is 0 Å². The Labute approximate surface area is 279 Å². The Balaban J connectivity index is 1.24. The van der Waals surface area contributed by atoms with Crippen molar-refractivity contribution in [2.45, 2.75) is 74.4 Å². The van der Waals surface area contributed by atoms with Crippen LogP contribution in [0.15, 0.2) is 71.6 Å². The van der Waals surface area contributed by atoms with Crippen molar-refractivity contribution in [1.82, 2.24) is 20.3 Å². The Morgan fingerprint density at radius 1 is 0.911 bits per heavy atom. The van der Waals surface area contributed by atoms with E-state index in [0.29, 0.717) is 48.0 Å². The zero-order valence-corrected chi connectivity index (χ0v) is 27.5. The molecule has 1 aliphatic carbocycles. The fraction of sp³-hybridized carbons (Fsp3) is 0.382. The van der Waals surface area contributed by atoms with Gasteiger partial charge in [0.1, 0.15) is 11.9 Å². The van der Waals surface area contributed by atoms with Crippen molar-refractivity contribution in [1.29, 1.82) is 5.41 Å². The number of piperidine rings is 1. The molecule has 3 amide bonds. The maximum atomic E-state index is 14.0. The van der Waals surface area contributed by atoms with Crippen LogP contribution in [-0.4, -0.2) is 53.9 Å². The number of nitrogens with zero attached hydrogens (tertiary/aromatic N) is 1. The molecule has 1 aliphatic heterocycles. The Morgan fingerprint density at radius 3 is 2.33 bits per heavy atom. The van der Waals surface area contributed by atoms with Gasteiger partial charge in [0.2, 0.25) is 5.91 Å². The molecule has 0 radical (unpaired) electrons. The van der Waals surface area contributed by atoms with E-state index in [-0.39, 0.29) is 29.9 Å². The van der Waals surface area contributed by atoms with Crippen molar-refractivity contribution < 1.29 is 9.59 Å². The molecule has 6 N–H and O–H groups in total. The van der Waals surface area contributed by atoms with Gasteiger partial charge in [-0.2, -0.15) is 0 Å². The molecule has 0 aromatic heterocycles. The minimum atomic E-state index is -0.529. The molecule has 0 spiro atoms. The van der Waals surface area contributed by atoms with Crippen LogP contribution in [0.1, 0.15) is 56.1 Å². The van der Waals surface area contributed by atoms with E-state index in [4.69, 9.17) is 34.3 Å². The smallest absolute Gasteiger partial charge is 0.315 e. The molecule has 2 fully saturated rings. The number of hydrogen-bond acceptors (Lipinski definition) is 5. The number of nitrogens with one attached hydrogen (secondary N) is 4. The Morgan fingerprint density at radius 2 is 1.62 bits per heavy atom. The van der Waals surface area contributed by atoms with Crippen LogP contribution in [-0.2, 0) is 11.2 Å². The zero-order valence-electron chi connectivity index (χ0n) is 25.2. The van der Waals surface area contributed by atoms with Gasteiger partial charge in [-0.25, -0.2) is 9.52 Å². The first-order valence-electron chi connectivity index (χ1n) is 15.5. The lowest BCUT2D eigenvalue weighted by Gasteiger charge is -2.35. The number of hydrogen-bond donors (Lipinski definition) is 5. The van der Waals surface area contributed by atoms with Gasteiger partial charge in [0.15, 0.2) is 0 Å². The SMILES string of the molecule is N=C(N)c1cccc(CC(NSc2cccc(-c3ccc(Cl)cc3Cl)c2)C(=O)N2CCC(NC(=O)NC3CCCCC3)CC2)c1. The summed E-state index contributed by atoms with van der Waals surface area (Å²) in [6.45, 7) is 1.13. The molecular weight excluding hydrogens is 627 g/mol. The molecule has 8 nitrogen and oxygen atoms in total. The monoisotopic (exact) mass is 666 g/mol. The molecule has 1 heterocycles. The molecule has 1 saturated heterocycles. The van der Waals surface area contributed by atoms with Gasteiger partial charge in [-0.05, 0) is 85.5 Å². The number of carbonyl (C=O) groups excluding carboxylic acids is 2. The third-order valence-corrected chi connectivity index (χ3v) is 9.89. The van der Waals surface area contributed by atoms with Crippen LogP contribution >= 0.6 is 35.1 Å². The minimum Gasteiger partial charge on any atom is -0.384 e. The summed E-state index contributed by atoms with van der Waals surface area (Å²) in [5.74, 6) is -0.0143. The molecular formula is C34H40Cl2N6O2S. The van der Waals surface area contributed by atoms with Gasteiger partial charge < -0.3 is 21.3 Å². The Hall–Kier alpha value is -3.24. The lowest BCUT2D eigenvalue weighted by Crippen LogP contribution is -2.53. The normalized spacial score (nSPS) is 16.6. The second kappa shape index (κ2) is 15.9. The van der Waals surface area contributed by atoms with Gasteiger partial charge in [-0.3, -0.25) is 10.2 Å². The van der Waals surface area contributed by atoms with Crippen molar-refractivity contribution in [2.24, 2.45) is 5.73 Å². The summed E-state index contributed by atoms with van der Waals surface area (Å²) in [4.78, 5) is 29.4. The summed E-state index contributed by atoms with van der Waals surface area (Å²) in [6.07, 6.45) is 7.49. The number of nitrogen functional groups attached to an aromatic ring is 1. The summed E-state index contributed by atoms with van der Waals surface area (Å²) in [6, 6.07) is 20.5. The number of benzene rings is 3. The first-order valence-corrected chi connectivity index (χ1v) is 17.1. The van der Waals surface area contributed by atoms with Crippen LogP contribution in [0.25, 0.3) is 11.1 Å². The van der Waals surface area contributed by atoms with Crippen LogP contribution in [0.3, 0.4) is 0 Å². The molecule has 11 heteroatoms. The highest BCUT2D eigenvalue weighted by Crippen LogP contribution is 2.32. The summed E-state index contributed by atoms with van der Waals surface area (Å²) in [7, 11) is 0. The average molecular weight is 668 g/mol. The summed E-state index contributed by atoms with van der Waals surface area (Å²) in [5, 5.41) is 15.2. The molecule has 1 saturated carbocycles. The standard InChI is InChI=1S/C34H40Cl2N6O2S/c35-25-12-13-29(30(36)21-25)23-7-5-11-28(20-23)45-41-31(19-22-6-4-8-24(18-22)32(37)38)33(43)42-16-14-27(15-17-42)40-34(44)39-26-9-2-1-3-10-26/h4-8,11-13,18,20-21,26-27,31,41H,1-3,9-10,14-17,19H2,(H3,37,38)(H2,39,40,44). The largest absolute Gasteiger partial charge is 0.384 e. The fourth-order valence-electron chi connectivity index (χ4n) is 5.99. The minimum absolute atomic E-state index is 0.00210. The second-order valence-electron chi connectivity index (χ2n) is 11.8. The molecule has 0 bridgehead atoms. The van der Waals surface area contributed by atoms with Crippen molar-refractivity contribution in [3.63, 3.8) is 0 Å². The van der Waals surface area contributed by atoms with Gasteiger partial charge in [-0.15, -0.1) is 0 Å². The van der Waals surface area contributed by atoms with Crippen molar-refractivity contribution in [3.8, 4) is 11.1 Å². The van der Waals surface area contributed by atoms with Gasteiger partial charge >= 0.3 is 6.03 Å². The van der Waals surface area contributed by atoms with E-state index < -0.39 is 6.04 Å². The first-order chi connectivity index (χ1) is 21.7. The number of amides is 3. The molecule has 1 unspecified atom stereocenters. The van der Waals surface area contributed by atoms with Crippen molar-refractivity contribution in [2.75, 3.05) is 13.1 Å². The first kappa shape index (κ1) is 33.1. The topological polar surface area (TPSA) is 123 Å². The summed E-state index contributed by atoms with van der Waals surface area (Å²) >= 11 is 14.0. The van der Waals surface area contributed by atoms with Gasteiger partial charge in [0.05, 0.1) is 0 Å². The molecule has 3 aromatic carbocycles. The quantitative estimate of drug-likeness (QED) is 0.0928. The van der Waals surface area contributed by atoms with Crippen LogP contribution in [0.5, 0.6) is 0 Å². The van der Waals surface area contributed by atoms with Crippen LogP contribution in [0, 0.1) is 5.41 Å². The van der Waals surface area contributed by atoms with E-state index in [0.717, 1.165) is 34.4 Å². The zero-order chi connectivity index (χ0) is 31.8. The van der Waals surface area contributed by atoms with Crippen LogP contribution in [0.2, 0.25) is 10.0 Å². The summed E-state index contributed by atoms with van der Waals surface area (Å²) < 4.78 is 3.43. The fourth-order valence-corrected chi connectivity index (χ4v) is 7.31.